The minimum atomic E-state index is 0.396. The average molecular weight is 265 g/mol. The highest BCUT2D eigenvalue weighted by Gasteiger charge is 2.34. The molecule has 1 saturated heterocycles. The molecule has 0 radical (unpaired) electrons. The summed E-state index contributed by atoms with van der Waals surface area (Å²) in [5, 5.41) is 0.992. The van der Waals surface area contributed by atoms with E-state index in [4.69, 9.17) is 4.74 Å². The summed E-state index contributed by atoms with van der Waals surface area (Å²) in [7, 11) is 0. The second-order valence-electron chi connectivity index (χ2n) is 4.87. The van der Waals surface area contributed by atoms with Gasteiger partial charge in [0.1, 0.15) is 10.8 Å². The molecule has 1 aromatic heterocycles. The van der Waals surface area contributed by atoms with Crippen LogP contribution in [0, 0.1) is 0 Å². The van der Waals surface area contributed by atoms with E-state index in [2.05, 4.69) is 14.9 Å². The Morgan fingerprint density at radius 3 is 3.11 bits per heavy atom. The summed E-state index contributed by atoms with van der Waals surface area (Å²) in [6.45, 7) is 1.75. The van der Waals surface area contributed by atoms with Crippen LogP contribution in [-0.2, 0) is 4.74 Å². The highest BCUT2D eigenvalue weighted by atomic mass is 32.2. The SMILES string of the molecule is CSc1cncc(N2CCO[C@@H]3CCCC[C@H]32)n1. The van der Waals surface area contributed by atoms with Gasteiger partial charge in [0.25, 0.3) is 0 Å². The van der Waals surface area contributed by atoms with Crippen LogP contribution in [0.5, 0.6) is 0 Å². The first-order chi connectivity index (χ1) is 8.88. The number of nitrogens with zero attached hydrogens (tertiary/aromatic N) is 3. The third kappa shape index (κ3) is 2.34. The van der Waals surface area contributed by atoms with E-state index in [0.717, 1.165) is 24.0 Å². The van der Waals surface area contributed by atoms with Crippen molar-refractivity contribution in [3.05, 3.63) is 12.4 Å². The standard InChI is InChI=1S/C13H19N3OS/c1-18-13-9-14-8-12(15-13)16-6-7-17-11-5-3-2-4-10(11)16/h8-11H,2-7H2,1H3/t10-,11-/m1/s1. The fourth-order valence-electron chi connectivity index (χ4n) is 2.96. The molecule has 2 heterocycles. The highest BCUT2D eigenvalue weighted by molar-refractivity contribution is 7.98. The lowest BCUT2D eigenvalue weighted by molar-refractivity contribution is -0.00905. The minimum absolute atomic E-state index is 0.396. The maximum Gasteiger partial charge on any atom is 0.148 e. The Kier molecular flexibility index (Phi) is 3.70. The molecule has 98 valence electrons. The molecule has 1 saturated carbocycles. The third-order valence-electron chi connectivity index (χ3n) is 3.84. The van der Waals surface area contributed by atoms with E-state index >= 15 is 0 Å². The van der Waals surface area contributed by atoms with Crippen molar-refractivity contribution in [2.24, 2.45) is 0 Å². The predicted molar refractivity (Wildman–Crippen MR) is 73.2 cm³/mol. The molecule has 1 aliphatic heterocycles. The van der Waals surface area contributed by atoms with Crippen molar-refractivity contribution in [2.75, 3.05) is 24.3 Å². The Balaban J connectivity index is 1.84. The zero-order chi connectivity index (χ0) is 12.4. The fourth-order valence-corrected chi connectivity index (χ4v) is 3.31. The van der Waals surface area contributed by atoms with Crippen LogP contribution in [0.2, 0.25) is 0 Å². The van der Waals surface area contributed by atoms with Crippen molar-refractivity contribution < 1.29 is 4.74 Å². The first-order valence-corrected chi connectivity index (χ1v) is 7.85. The molecular formula is C13H19N3OS. The number of aromatic nitrogens is 2. The lowest BCUT2D eigenvalue weighted by Crippen LogP contribution is -2.53. The van der Waals surface area contributed by atoms with Crippen LogP contribution in [0.1, 0.15) is 25.7 Å². The van der Waals surface area contributed by atoms with Crippen LogP contribution in [-0.4, -0.2) is 41.5 Å². The van der Waals surface area contributed by atoms with Gasteiger partial charge in [-0.3, -0.25) is 4.98 Å². The summed E-state index contributed by atoms with van der Waals surface area (Å²) in [6, 6.07) is 0.499. The molecule has 2 atom stereocenters. The van der Waals surface area contributed by atoms with Crippen LogP contribution in [0.4, 0.5) is 5.82 Å². The zero-order valence-electron chi connectivity index (χ0n) is 10.7. The van der Waals surface area contributed by atoms with Crippen LogP contribution in [0.25, 0.3) is 0 Å². The van der Waals surface area contributed by atoms with Gasteiger partial charge in [-0.1, -0.05) is 12.8 Å². The molecule has 0 N–H and O–H groups in total. The van der Waals surface area contributed by atoms with Gasteiger partial charge in [-0.05, 0) is 19.1 Å². The van der Waals surface area contributed by atoms with Gasteiger partial charge in [-0.15, -0.1) is 11.8 Å². The van der Waals surface area contributed by atoms with Gasteiger partial charge in [0.2, 0.25) is 0 Å². The van der Waals surface area contributed by atoms with Gasteiger partial charge >= 0.3 is 0 Å². The van der Waals surface area contributed by atoms with E-state index in [1.165, 1.54) is 25.7 Å². The number of hydrogen-bond acceptors (Lipinski definition) is 5. The third-order valence-corrected chi connectivity index (χ3v) is 4.45. The van der Waals surface area contributed by atoms with Crippen LogP contribution in [0.3, 0.4) is 0 Å². The molecule has 0 spiro atoms. The van der Waals surface area contributed by atoms with Gasteiger partial charge in [-0.2, -0.15) is 0 Å². The molecule has 5 heteroatoms. The fraction of sp³-hybridized carbons (Fsp3) is 0.692. The summed E-state index contributed by atoms with van der Waals surface area (Å²) in [5.41, 5.74) is 0. The molecule has 0 aromatic carbocycles. The lowest BCUT2D eigenvalue weighted by Gasteiger charge is -2.44. The number of thioether (sulfide) groups is 1. The van der Waals surface area contributed by atoms with Crippen molar-refractivity contribution in [3.63, 3.8) is 0 Å². The largest absolute Gasteiger partial charge is 0.374 e. The summed E-state index contributed by atoms with van der Waals surface area (Å²) >= 11 is 1.64. The Labute approximate surface area is 112 Å². The quantitative estimate of drug-likeness (QED) is 0.767. The average Bonchev–Trinajstić information content (AvgIpc) is 2.47. The molecule has 4 nitrogen and oxygen atoms in total. The molecule has 0 unspecified atom stereocenters. The summed E-state index contributed by atoms with van der Waals surface area (Å²) < 4.78 is 5.90. The molecule has 2 fully saturated rings. The van der Waals surface area contributed by atoms with E-state index < -0.39 is 0 Å². The van der Waals surface area contributed by atoms with E-state index in [9.17, 15) is 0 Å². The molecule has 1 aromatic rings. The molecule has 0 bridgehead atoms. The number of ether oxygens (including phenoxy) is 1. The summed E-state index contributed by atoms with van der Waals surface area (Å²) in [4.78, 5) is 11.4. The number of fused-ring (bicyclic) bond motifs is 1. The Hall–Kier alpha value is -0.810. The van der Waals surface area contributed by atoms with E-state index in [1.54, 1.807) is 11.8 Å². The number of anilines is 1. The van der Waals surface area contributed by atoms with Crippen LogP contribution >= 0.6 is 11.8 Å². The zero-order valence-corrected chi connectivity index (χ0v) is 11.5. The van der Waals surface area contributed by atoms with E-state index in [0.29, 0.717) is 12.1 Å². The maximum atomic E-state index is 5.90. The van der Waals surface area contributed by atoms with E-state index in [1.807, 2.05) is 18.6 Å². The molecule has 0 amide bonds. The first kappa shape index (κ1) is 12.2. The van der Waals surface area contributed by atoms with Crippen LogP contribution in [0.15, 0.2) is 17.4 Å². The number of hydrogen-bond donors (Lipinski definition) is 0. The first-order valence-electron chi connectivity index (χ1n) is 6.63. The molecule has 1 aliphatic carbocycles. The monoisotopic (exact) mass is 265 g/mol. The predicted octanol–water partition coefficient (Wildman–Crippen LogP) is 2.35. The summed E-state index contributed by atoms with van der Waals surface area (Å²) in [5.74, 6) is 1.02. The smallest absolute Gasteiger partial charge is 0.148 e. The van der Waals surface area contributed by atoms with Crippen molar-refractivity contribution in [2.45, 2.75) is 42.9 Å². The van der Waals surface area contributed by atoms with Gasteiger partial charge < -0.3 is 9.64 Å². The van der Waals surface area contributed by atoms with Crippen molar-refractivity contribution in [3.8, 4) is 0 Å². The Bertz CT molecular complexity index is 413. The molecular weight excluding hydrogens is 246 g/mol. The number of rotatable bonds is 2. The van der Waals surface area contributed by atoms with Crippen molar-refractivity contribution in [1.29, 1.82) is 0 Å². The van der Waals surface area contributed by atoms with Crippen molar-refractivity contribution >= 4 is 17.6 Å². The van der Waals surface area contributed by atoms with Gasteiger partial charge in [0, 0.05) is 6.54 Å². The topological polar surface area (TPSA) is 38.2 Å². The Morgan fingerprint density at radius 1 is 1.33 bits per heavy atom. The minimum Gasteiger partial charge on any atom is -0.374 e. The Morgan fingerprint density at radius 2 is 2.22 bits per heavy atom. The van der Waals surface area contributed by atoms with E-state index in [-0.39, 0.29) is 0 Å². The molecule has 18 heavy (non-hydrogen) atoms. The van der Waals surface area contributed by atoms with Crippen molar-refractivity contribution in [1.82, 2.24) is 9.97 Å². The van der Waals surface area contributed by atoms with Gasteiger partial charge in [0.05, 0.1) is 31.1 Å². The molecule has 3 rings (SSSR count). The second-order valence-corrected chi connectivity index (χ2v) is 5.70. The lowest BCUT2D eigenvalue weighted by atomic mass is 9.90. The van der Waals surface area contributed by atoms with Crippen LogP contribution < -0.4 is 4.90 Å². The van der Waals surface area contributed by atoms with Gasteiger partial charge in [0.15, 0.2) is 0 Å². The second kappa shape index (κ2) is 5.45. The normalized spacial score (nSPS) is 27.9. The number of morpholine rings is 1. The highest BCUT2D eigenvalue weighted by Crippen LogP contribution is 2.31. The molecule has 2 aliphatic rings. The maximum absolute atomic E-state index is 5.90. The van der Waals surface area contributed by atoms with Gasteiger partial charge in [-0.25, -0.2) is 4.98 Å². The summed E-state index contributed by atoms with van der Waals surface area (Å²) in [6.07, 6.45) is 11.2.